The number of rotatable bonds is 3. The molecule has 6 heteroatoms. The number of likely N-dealkylation sites (tertiary alicyclic amines) is 1. The van der Waals surface area contributed by atoms with Crippen LogP contribution in [0.5, 0.6) is 0 Å². The largest absolute Gasteiger partial charge is 0.389 e. The quantitative estimate of drug-likeness (QED) is 0.670. The van der Waals surface area contributed by atoms with Crippen molar-refractivity contribution in [3.05, 3.63) is 35.1 Å². The van der Waals surface area contributed by atoms with Crippen LogP contribution in [0.2, 0.25) is 0 Å². The first-order valence-electron chi connectivity index (χ1n) is 5.82. The van der Waals surface area contributed by atoms with E-state index in [1.165, 1.54) is 23.1 Å². The van der Waals surface area contributed by atoms with E-state index in [2.05, 4.69) is 0 Å². The molecule has 1 aromatic carbocycles. The molecule has 0 bridgehead atoms. The molecule has 2 rings (SSSR count). The molecule has 1 aromatic rings. The lowest BCUT2D eigenvalue weighted by Gasteiger charge is -2.16. The third-order valence-corrected chi connectivity index (χ3v) is 3.36. The van der Waals surface area contributed by atoms with Gasteiger partial charge in [-0.25, -0.2) is 4.39 Å². The van der Waals surface area contributed by atoms with Gasteiger partial charge in [-0.05, 0) is 17.7 Å². The van der Waals surface area contributed by atoms with E-state index in [0.29, 0.717) is 11.1 Å². The molecule has 0 spiro atoms. The number of imide groups is 1. The van der Waals surface area contributed by atoms with Crippen molar-refractivity contribution in [3.8, 4) is 0 Å². The minimum Gasteiger partial charge on any atom is -0.389 e. The first-order chi connectivity index (χ1) is 8.90. The molecule has 0 saturated carbocycles. The molecular formula is C13H13FN2O2S. The molecule has 2 amide bonds. The van der Waals surface area contributed by atoms with Crippen LogP contribution in [0.25, 0.3) is 0 Å². The second kappa shape index (κ2) is 5.05. The van der Waals surface area contributed by atoms with Crippen LogP contribution < -0.4 is 5.73 Å². The second-order valence-corrected chi connectivity index (χ2v) is 5.03. The fourth-order valence-corrected chi connectivity index (χ4v) is 2.29. The van der Waals surface area contributed by atoms with Gasteiger partial charge in [0.2, 0.25) is 11.8 Å². The van der Waals surface area contributed by atoms with Gasteiger partial charge in [-0.2, -0.15) is 0 Å². The predicted molar refractivity (Wildman–Crippen MR) is 71.6 cm³/mol. The van der Waals surface area contributed by atoms with Crippen LogP contribution in [0.1, 0.15) is 24.5 Å². The maximum atomic E-state index is 13.2. The van der Waals surface area contributed by atoms with E-state index < -0.39 is 5.82 Å². The molecule has 1 saturated heterocycles. The lowest BCUT2D eigenvalue weighted by Crippen LogP contribution is -2.30. The zero-order chi connectivity index (χ0) is 14.2. The van der Waals surface area contributed by atoms with Crippen molar-refractivity contribution >= 4 is 29.0 Å². The van der Waals surface area contributed by atoms with Gasteiger partial charge in [0, 0.05) is 17.9 Å². The Bertz CT molecular complexity index is 574. The van der Waals surface area contributed by atoms with Crippen molar-refractivity contribution in [1.82, 2.24) is 4.90 Å². The summed E-state index contributed by atoms with van der Waals surface area (Å²) in [5, 5.41) is 0. The molecular weight excluding hydrogens is 267 g/mol. The van der Waals surface area contributed by atoms with E-state index >= 15 is 0 Å². The third kappa shape index (κ3) is 2.63. The van der Waals surface area contributed by atoms with Gasteiger partial charge in [-0.15, -0.1) is 0 Å². The van der Waals surface area contributed by atoms with Gasteiger partial charge in [0.25, 0.3) is 0 Å². The smallest absolute Gasteiger partial charge is 0.232 e. The molecule has 1 atom stereocenters. The molecule has 1 fully saturated rings. The number of nitrogens with zero attached hydrogens (tertiary/aromatic N) is 1. The minimum atomic E-state index is -0.459. The van der Waals surface area contributed by atoms with E-state index in [9.17, 15) is 14.0 Å². The maximum Gasteiger partial charge on any atom is 0.232 e. The number of carbonyl (C=O) groups is 2. The molecule has 1 aliphatic rings. The minimum absolute atomic E-state index is 0.0432. The van der Waals surface area contributed by atoms with Crippen molar-refractivity contribution in [2.24, 2.45) is 11.7 Å². The van der Waals surface area contributed by atoms with Gasteiger partial charge in [-0.1, -0.05) is 25.2 Å². The van der Waals surface area contributed by atoms with Crippen LogP contribution >= 0.6 is 12.2 Å². The lowest BCUT2D eigenvalue weighted by molar-refractivity contribution is -0.139. The monoisotopic (exact) mass is 280 g/mol. The maximum absolute atomic E-state index is 13.2. The molecule has 1 unspecified atom stereocenters. The number of halogens is 1. The Kier molecular flexibility index (Phi) is 3.61. The lowest BCUT2D eigenvalue weighted by atomic mass is 10.1. The van der Waals surface area contributed by atoms with Crippen LogP contribution in [0.4, 0.5) is 4.39 Å². The zero-order valence-electron chi connectivity index (χ0n) is 10.4. The first-order valence-corrected chi connectivity index (χ1v) is 6.23. The number of amides is 2. The van der Waals surface area contributed by atoms with Crippen molar-refractivity contribution in [3.63, 3.8) is 0 Å². The van der Waals surface area contributed by atoms with Gasteiger partial charge in [0.1, 0.15) is 10.8 Å². The highest BCUT2D eigenvalue weighted by Gasteiger charge is 2.35. The first kappa shape index (κ1) is 13.6. The molecule has 4 nitrogen and oxygen atoms in total. The van der Waals surface area contributed by atoms with Crippen molar-refractivity contribution in [2.75, 3.05) is 0 Å². The van der Waals surface area contributed by atoms with Gasteiger partial charge in [-0.3, -0.25) is 14.5 Å². The van der Waals surface area contributed by atoms with E-state index in [-0.39, 0.29) is 35.7 Å². The Labute approximate surface area is 115 Å². The van der Waals surface area contributed by atoms with Crippen LogP contribution in [-0.4, -0.2) is 21.7 Å². The topological polar surface area (TPSA) is 63.4 Å². The zero-order valence-corrected chi connectivity index (χ0v) is 11.2. The average Bonchev–Trinajstić information content (AvgIpc) is 2.57. The summed E-state index contributed by atoms with van der Waals surface area (Å²) in [6.45, 7) is 1.79. The summed E-state index contributed by atoms with van der Waals surface area (Å²) in [4.78, 5) is 24.8. The Morgan fingerprint density at radius 1 is 1.53 bits per heavy atom. The van der Waals surface area contributed by atoms with Crippen LogP contribution in [0.15, 0.2) is 18.2 Å². The molecule has 2 N–H and O–H groups in total. The summed E-state index contributed by atoms with van der Waals surface area (Å²) in [6, 6.07) is 3.96. The molecule has 1 heterocycles. The number of carbonyl (C=O) groups excluding carboxylic acids is 2. The molecule has 0 radical (unpaired) electrons. The fourth-order valence-electron chi connectivity index (χ4n) is 2.10. The number of hydrogen-bond donors (Lipinski definition) is 1. The highest BCUT2D eigenvalue weighted by atomic mass is 32.1. The highest BCUT2D eigenvalue weighted by Crippen LogP contribution is 2.22. The standard InChI is InChI=1S/C13H13FN2O2S/c1-7-4-11(17)16(13(7)18)6-8-2-3-9(14)5-10(8)12(15)19/h2-3,5,7H,4,6H2,1H3,(H2,15,19). The summed E-state index contributed by atoms with van der Waals surface area (Å²) in [5.74, 6) is -1.21. The van der Waals surface area contributed by atoms with Crippen molar-refractivity contribution in [2.45, 2.75) is 19.9 Å². The molecule has 0 aromatic heterocycles. The summed E-state index contributed by atoms with van der Waals surface area (Å²) in [6.07, 6.45) is 0.211. The van der Waals surface area contributed by atoms with Gasteiger partial charge in [0.15, 0.2) is 0 Å². The number of hydrogen-bond acceptors (Lipinski definition) is 3. The average molecular weight is 280 g/mol. The Morgan fingerprint density at radius 2 is 2.21 bits per heavy atom. The summed E-state index contributed by atoms with van der Waals surface area (Å²) >= 11 is 4.85. The van der Waals surface area contributed by atoms with Crippen molar-refractivity contribution in [1.29, 1.82) is 0 Å². The van der Waals surface area contributed by atoms with E-state index in [1.807, 2.05) is 0 Å². The SMILES string of the molecule is CC1CC(=O)N(Cc2ccc(F)cc2C(N)=S)C1=O. The molecule has 0 aliphatic carbocycles. The van der Waals surface area contributed by atoms with Crippen LogP contribution in [0.3, 0.4) is 0 Å². The van der Waals surface area contributed by atoms with Gasteiger partial charge in [0.05, 0.1) is 6.54 Å². The van der Waals surface area contributed by atoms with E-state index in [1.54, 1.807) is 6.92 Å². The second-order valence-electron chi connectivity index (χ2n) is 4.59. The Balaban J connectivity index is 2.31. The molecule has 1 aliphatic heterocycles. The number of thiocarbonyl (C=S) groups is 1. The summed E-state index contributed by atoms with van der Waals surface area (Å²) in [7, 11) is 0. The van der Waals surface area contributed by atoms with Crippen molar-refractivity contribution < 1.29 is 14.0 Å². The van der Waals surface area contributed by atoms with E-state index in [0.717, 1.165) is 0 Å². The van der Waals surface area contributed by atoms with Gasteiger partial charge >= 0.3 is 0 Å². The fraction of sp³-hybridized carbons (Fsp3) is 0.308. The molecule has 19 heavy (non-hydrogen) atoms. The Hall–Kier alpha value is -1.82. The molecule has 100 valence electrons. The van der Waals surface area contributed by atoms with Crippen LogP contribution in [-0.2, 0) is 16.1 Å². The number of nitrogens with two attached hydrogens (primary N) is 1. The Morgan fingerprint density at radius 3 is 2.74 bits per heavy atom. The normalized spacial score (nSPS) is 19.1. The highest BCUT2D eigenvalue weighted by molar-refractivity contribution is 7.80. The van der Waals surface area contributed by atoms with Gasteiger partial charge < -0.3 is 5.73 Å². The predicted octanol–water partition coefficient (Wildman–Crippen LogP) is 1.35. The van der Waals surface area contributed by atoms with Crippen LogP contribution in [0, 0.1) is 11.7 Å². The van der Waals surface area contributed by atoms with E-state index in [4.69, 9.17) is 18.0 Å². The number of benzene rings is 1. The summed E-state index contributed by atoms with van der Waals surface area (Å²) < 4.78 is 13.2. The summed E-state index contributed by atoms with van der Waals surface area (Å²) in [5.41, 5.74) is 6.46. The third-order valence-electron chi connectivity index (χ3n) is 3.14.